The molecule has 16 heavy (non-hydrogen) atoms. The molecule has 0 spiro atoms. The average molecular weight is 245 g/mol. The molecule has 1 rings (SSSR count). The summed E-state index contributed by atoms with van der Waals surface area (Å²) >= 11 is 0. The summed E-state index contributed by atoms with van der Waals surface area (Å²) in [4.78, 5) is 3.95. The van der Waals surface area contributed by atoms with Gasteiger partial charge in [0.15, 0.2) is 0 Å². The second-order valence-electron chi connectivity index (χ2n) is 4.10. The highest BCUT2D eigenvalue weighted by Crippen LogP contribution is 1.92. The van der Waals surface area contributed by atoms with Crippen LogP contribution in [0.25, 0.3) is 0 Å². The van der Waals surface area contributed by atoms with Crippen LogP contribution in [0.5, 0.6) is 0 Å². The van der Waals surface area contributed by atoms with Crippen molar-refractivity contribution in [3.05, 3.63) is 18.7 Å². The summed E-state index contributed by atoms with van der Waals surface area (Å²) in [6.45, 7) is 3.60. The quantitative estimate of drug-likeness (QED) is 0.702. The number of rotatable bonds is 7. The molecule has 0 aromatic carbocycles. The Kier molecular flexibility index (Phi) is 4.95. The maximum atomic E-state index is 11.0. The highest BCUT2D eigenvalue weighted by atomic mass is 32.2. The Bertz CT molecular complexity index is 386. The number of nitrogens with zero attached hydrogens (tertiary/aromatic N) is 2. The number of nitrogens with one attached hydrogen (secondary N) is 1. The minimum absolute atomic E-state index is 0.0118. The molecule has 0 bridgehead atoms. The van der Waals surface area contributed by atoms with E-state index in [4.69, 9.17) is 0 Å². The normalized spacial score (nSPS) is 13.9. The van der Waals surface area contributed by atoms with Crippen LogP contribution >= 0.6 is 0 Å². The number of hydrogen-bond acceptors (Lipinski definition) is 4. The van der Waals surface area contributed by atoms with E-state index in [0.717, 1.165) is 19.5 Å². The summed E-state index contributed by atoms with van der Waals surface area (Å²) < 4.78 is 24.0. The number of hydrogen-bond donors (Lipinski definition) is 1. The predicted molar refractivity (Wildman–Crippen MR) is 64.0 cm³/mol. The molecule has 1 atom stereocenters. The average Bonchev–Trinajstić information content (AvgIpc) is 2.62. The summed E-state index contributed by atoms with van der Waals surface area (Å²) in [5.41, 5.74) is 0. The summed E-state index contributed by atoms with van der Waals surface area (Å²) in [5, 5.41) is 3.19. The second-order valence-corrected chi connectivity index (χ2v) is 6.29. The van der Waals surface area contributed by atoms with E-state index in [1.165, 1.54) is 6.26 Å². The zero-order valence-corrected chi connectivity index (χ0v) is 10.6. The third-order valence-electron chi connectivity index (χ3n) is 2.20. The molecule has 0 fully saturated rings. The van der Waals surface area contributed by atoms with Gasteiger partial charge in [-0.05, 0) is 19.9 Å². The third-order valence-corrected chi connectivity index (χ3v) is 3.30. The van der Waals surface area contributed by atoms with E-state index >= 15 is 0 Å². The largest absolute Gasteiger partial charge is 0.337 e. The molecule has 1 N–H and O–H groups in total. The Morgan fingerprint density at radius 3 is 2.81 bits per heavy atom. The lowest BCUT2D eigenvalue weighted by Gasteiger charge is -2.12. The molecule has 1 heterocycles. The van der Waals surface area contributed by atoms with Gasteiger partial charge < -0.3 is 9.88 Å². The molecule has 1 unspecified atom stereocenters. The van der Waals surface area contributed by atoms with Crippen LogP contribution in [0.15, 0.2) is 18.7 Å². The van der Waals surface area contributed by atoms with Crippen molar-refractivity contribution in [2.24, 2.45) is 0 Å². The molecular formula is C10H19N3O2S. The summed E-state index contributed by atoms with van der Waals surface area (Å²) in [6, 6.07) is 0.0118. The van der Waals surface area contributed by atoms with Crippen LogP contribution in [0.2, 0.25) is 0 Å². The first-order valence-electron chi connectivity index (χ1n) is 5.34. The predicted octanol–water partition coefficient (Wildman–Crippen LogP) is 0.296. The maximum Gasteiger partial charge on any atom is 0.148 e. The van der Waals surface area contributed by atoms with E-state index in [9.17, 15) is 8.42 Å². The molecule has 0 saturated heterocycles. The van der Waals surface area contributed by atoms with Crippen molar-refractivity contribution in [3.8, 4) is 0 Å². The van der Waals surface area contributed by atoms with E-state index in [0.29, 0.717) is 0 Å². The van der Waals surface area contributed by atoms with Crippen LogP contribution in [-0.4, -0.2) is 42.6 Å². The number of aromatic nitrogens is 2. The van der Waals surface area contributed by atoms with Crippen molar-refractivity contribution in [1.29, 1.82) is 0 Å². The van der Waals surface area contributed by atoms with Crippen molar-refractivity contribution in [3.63, 3.8) is 0 Å². The zero-order chi connectivity index (χ0) is 12.0. The van der Waals surface area contributed by atoms with Crippen LogP contribution in [0.4, 0.5) is 0 Å². The third kappa shape index (κ3) is 5.87. The van der Waals surface area contributed by atoms with Gasteiger partial charge in [0, 0.05) is 31.2 Å². The van der Waals surface area contributed by atoms with Gasteiger partial charge in [-0.15, -0.1) is 0 Å². The van der Waals surface area contributed by atoms with Gasteiger partial charge in [0.1, 0.15) is 9.84 Å². The topological polar surface area (TPSA) is 64.0 Å². The standard InChI is InChI=1S/C10H19N3O2S/c1-10(8-16(2,14)15)12-4-3-6-13-7-5-11-9-13/h5,7,9-10,12H,3-4,6,8H2,1-2H3. The van der Waals surface area contributed by atoms with E-state index in [-0.39, 0.29) is 11.8 Å². The van der Waals surface area contributed by atoms with Gasteiger partial charge in [-0.3, -0.25) is 0 Å². The molecule has 0 amide bonds. The van der Waals surface area contributed by atoms with Gasteiger partial charge in [0.2, 0.25) is 0 Å². The fourth-order valence-electron chi connectivity index (χ4n) is 1.54. The minimum Gasteiger partial charge on any atom is -0.337 e. The van der Waals surface area contributed by atoms with Gasteiger partial charge in [-0.1, -0.05) is 0 Å². The lowest BCUT2D eigenvalue weighted by molar-refractivity contribution is 0.528. The molecule has 0 aliphatic heterocycles. The molecule has 6 heteroatoms. The highest BCUT2D eigenvalue weighted by molar-refractivity contribution is 7.90. The zero-order valence-electron chi connectivity index (χ0n) is 9.76. The molecule has 0 radical (unpaired) electrons. The smallest absolute Gasteiger partial charge is 0.148 e. The van der Waals surface area contributed by atoms with Crippen LogP contribution in [0, 0.1) is 0 Å². The Hall–Kier alpha value is -0.880. The van der Waals surface area contributed by atoms with Crippen molar-refractivity contribution in [1.82, 2.24) is 14.9 Å². The molecule has 5 nitrogen and oxygen atoms in total. The van der Waals surface area contributed by atoms with Gasteiger partial charge in [-0.2, -0.15) is 0 Å². The Morgan fingerprint density at radius 1 is 1.50 bits per heavy atom. The van der Waals surface area contributed by atoms with E-state index in [2.05, 4.69) is 10.3 Å². The summed E-state index contributed by atoms with van der Waals surface area (Å²) in [6.07, 6.45) is 7.67. The molecule has 92 valence electrons. The van der Waals surface area contributed by atoms with Crippen molar-refractivity contribution in [2.75, 3.05) is 18.6 Å². The van der Waals surface area contributed by atoms with Gasteiger partial charge in [-0.25, -0.2) is 13.4 Å². The van der Waals surface area contributed by atoms with Crippen LogP contribution in [0.1, 0.15) is 13.3 Å². The molecular weight excluding hydrogens is 226 g/mol. The summed E-state index contributed by atoms with van der Waals surface area (Å²) in [7, 11) is -2.88. The lowest BCUT2D eigenvalue weighted by Crippen LogP contribution is -2.33. The SMILES string of the molecule is CC(CS(C)(=O)=O)NCCCn1ccnc1. The lowest BCUT2D eigenvalue weighted by atomic mass is 10.3. The molecule has 1 aromatic heterocycles. The van der Waals surface area contributed by atoms with Crippen molar-refractivity contribution in [2.45, 2.75) is 25.9 Å². The first kappa shape index (κ1) is 13.2. The van der Waals surface area contributed by atoms with Crippen LogP contribution in [-0.2, 0) is 16.4 Å². The Morgan fingerprint density at radius 2 is 2.25 bits per heavy atom. The first-order valence-corrected chi connectivity index (χ1v) is 7.40. The number of sulfone groups is 1. The monoisotopic (exact) mass is 245 g/mol. The number of imidazole rings is 1. The van der Waals surface area contributed by atoms with Gasteiger partial charge in [0.05, 0.1) is 12.1 Å². The van der Waals surface area contributed by atoms with Gasteiger partial charge in [0.25, 0.3) is 0 Å². The fraction of sp³-hybridized carbons (Fsp3) is 0.700. The maximum absolute atomic E-state index is 11.0. The van der Waals surface area contributed by atoms with E-state index in [1.54, 1.807) is 12.5 Å². The number of aryl methyl sites for hydroxylation is 1. The van der Waals surface area contributed by atoms with Crippen LogP contribution in [0.3, 0.4) is 0 Å². The van der Waals surface area contributed by atoms with Crippen molar-refractivity contribution >= 4 is 9.84 Å². The molecule has 0 saturated carbocycles. The molecule has 0 aliphatic rings. The molecule has 0 aliphatic carbocycles. The highest BCUT2D eigenvalue weighted by Gasteiger charge is 2.08. The minimum atomic E-state index is -2.88. The Balaban J connectivity index is 2.11. The van der Waals surface area contributed by atoms with Gasteiger partial charge >= 0.3 is 0 Å². The second kappa shape index (κ2) is 6.00. The first-order chi connectivity index (χ1) is 7.47. The van der Waals surface area contributed by atoms with E-state index in [1.807, 2.05) is 17.7 Å². The van der Waals surface area contributed by atoms with Crippen molar-refractivity contribution < 1.29 is 8.42 Å². The molecule has 1 aromatic rings. The fourth-order valence-corrected chi connectivity index (χ4v) is 2.57. The van der Waals surface area contributed by atoms with Crippen LogP contribution < -0.4 is 5.32 Å². The summed E-state index contributed by atoms with van der Waals surface area (Å²) in [5.74, 6) is 0.193. The van der Waals surface area contributed by atoms with E-state index < -0.39 is 9.84 Å². The Labute approximate surface area is 96.8 Å².